The lowest BCUT2D eigenvalue weighted by molar-refractivity contribution is -0.128. The van der Waals surface area contributed by atoms with Gasteiger partial charge in [-0.2, -0.15) is 5.10 Å². The Hall–Kier alpha value is -1.66. The first-order valence-electron chi connectivity index (χ1n) is 7.10. The van der Waals surface area contributed by atoms with Crippen LogP contribution in [0.15, 0.2) is 62.6 Å². The second kappa shape index (κ2) is 8.84. The number of benzene rings is 2. The minimum absolute atomic E-state index is 0.282. The second-order valence-corrected chi connectivity index (χ2v) is 6.50. The van der Waals surface area contributed by atoms with Crippen molar-refractivity contribution in [2.45, 2.75) is 19.4 Å². The maximum atomic E-state index is 12.2. The van der Waals surface area contributed by atoms with Gasteiger partial charge in [0.25, 0.3) is 5.91 Å². The van der Waals surface area contributed by atoms with Gasteiger partial charge in [0, 0.05) is 14.5 Å². The van der Waals surface area contributed by atoms with E-state index in [1.54, 1.807) is 6.21 Å². The Kier molecular flexibility index (Phi) is 6.80. The molecule has 4 nitrogen and oxygen atoms in total. The zero-order chi connectivity index (χ0) is 16.7. The van der Waals surface area contributed by atoms with Crippen LogP contribution in [-0.4, -0.2) is 18.2 Å². The Morgan fingerprint density at radius 3 is 2.74 bits per heavy atom. The van der Waals surface area contributed by atoms with Crippen LogP contribution in [0, 0.1) is 0 Å². The van der Waals surface area contributed by atoms with Crippen LogP contribution in [0.4, 0.5) is 0 Å². The monoisotopic (exact) mass is 438 g/mol. The van der Waals surface area contributed by atoms with E-state index < -0.39 is 6.10 Å². The van der Waals surface area contributed by atoms with Crippen LogP contribution in [0.1, 0.15) is 18.9 Å². The number of rotatable bonds is 6. The van der Waals surface area contributed by atoms with Crippen molar-refractivity contribution in [3.05, 3.63) is 63.0 Å². The third kappa shape index (κ3) is 5.48. The van der Waals surface area contributed by atoms with Crippen LogP contribution >= 0.6 is 31.9 Å². The van der Waals surface area contributed by atoms with E-state index in [-0.39, 0.29) is 5.91 Å². The topological polar surface area (TPSA) is 50.7 Å². The molecule has 0 aliphatic carbocycles. The fraction of sp³-hybridized carbons (Fsp3) is 0.176. The quantitative estimate of drug-likeness (QED) is 0.531. The molecule has 0 heterocycles. The average Bonchev–Trinajstić information content (AvgIpc) is 2.54. The summed E-state index contributed by atoms with van der Waals surface area (Å²) in [5.41, 5.74) is 3.40. The number of amides is 1. The van der Waals surface area contributed by atoms with Crippen molar-refractivity contribution in [2.24, 2.45) is 5.10 Å². The van der Waals surface area contributed by atoms with Gasteiger partial charge in [0.05, 0.1) is 6.21 Å². The summed E-state index contributed by atoms with van der Waals surface area (Å²) in [4.78, 5) is 12.2. The highest BCUT2D eigenvalue weighted by atomic mass is 79.9. The molecule has 6 heteroatoms. The van der Waals surface area contributed by atoms with E-state index in [0.29, 0.717) is 12.2 Å². The Bertz CT molecular complexity index is 704. The number of carbonyl (C=O) groups is 1. The van der Waals surface area contributed by atoms with Gasteiger partial charge in [-0.05, 0) is 30.7 Å². The maximum absolute atomic E-state index is 12.2. The molecule has 0 bridgehead atoms. The Morgan fingerprint density at radius 1 is 1.26 bits per heavy atom. The van der Waals surface area contributed by atoms with E-state index in [9.17, 15) is 4.79 Å². The number of ether oxygens (including phenoxy) is 1. The van der Waals surface area contributed by atoms with Crippen molar-refractivity contribution >= 4 is 44.0 Å². The molecule has 0 spiro atoms. The zero-order valence-electron chi connectivity index (χ0n) is 12.5. The molecule has 120 valence electrons. The van der Waals surface area contributed by atoms with E-state index in [2.05, 4.69) is 42.4 Å². The summed E-state index contributed by atoms with van der Waals surface area (Å²) in [6.07, 6.45) is 1.54. The van der Waals surface area contributed by atoms with Crippen LogP contribution in [-0.2, 0) is 4.79 Å². The molecule has 0 aromatic heterocycles. The van der Waals surface area contributed by atoms with Gasteiger partial charge in [-0.15, -0.1) is 0 Å². The Labute approximate surface area is 152 Å². The zero-order valence-corrected chi connectivity index (χ0v) is 15.7. The summed E-state index contributed by atoms with van der Waals surface area (Å²) >= 11 is 6.80. The van der Waals surface area contributed by atoms with Gasteiger partial charge >= 0.3 is 0 Å². The van der Waals surface area contributed by atoms with Gasteiger partial charge in [-0.3, -0.25) is 4.79 Å². The molecule has 2 aromatic rings. The molecule has 0 saturated heterocycles. The van der Waals surface area contributed by atoms with Crippen molar-refractivity contribution < 1.29 is 9.53 Å². The number of halogens is 2. The highest BCUT2D eigenvalue weighted by molar-refractivity contribution is 9.10. The predicted molar refractivity (Wildman–Crippen MR) is 98.7 cm³/mol. The number of hydrogen-bond donors (Lipinski definition) is 1. The summed E-state index contributed by atoms with van der Waals surface area (Å²) in [6.45, 7) is 1.89. The molecule has 0 aliphatic heterocycles. The van der Waals surface area contributed by atoms with Crippen molar-refractivity contribution in [1.29, 1.82) is 0 Å². The van der Waals surface area contributed by atoms with E-state index in [1.165, 1.54) is 0 Å². The second-order valence-electron chi connectivity index (χ2n) is 4.73. The molecular weight excluding hydrogens is 424 g/mol. The van der Waals surface area contributed by atoms with Gasteiger partial charge < -0.3 is 4.74 Å². The van der Waals surface area contributed by atoms with Gasteiger partial charge in [0.2, 0.25) is 0 Å². The van der Waals surface area contributed by atoms with Gasteiger partial charge in [-0.25, -0.2) is 5.43 Å². The first-order chi connectivity index (χ1) is 11.1. The van der Waals surface area contributed by atoms with E-state index in [4.69, 9.17) is 4.74 Å². The Balaban J connectivity index is 1.96. The highest BCUT2D eigenvalue weighted by Crippen LogP contribution is 2.19. The van der Waals surface area contributed by atoms with Crippen molar-refractivity contribution in [3.63, 3.8) is 0 Å². The van der Waals surface area contributed by atoms with Crippen molar-refractivity contribution in [3.8, 4) is 5.75 Å². The largest absolute Gasteiger partial charge is 0.481 e. The summed E-state index contributed by atoms with van der Waals surface area (Å²) in [7, 11) is 0. The minimum atomic E-state index is -0.597. The SMILES string of the molecule is CC[C@@H](Oc1cccc(Br)c1)C(=O)N/N=C\c1ccccc1Br. The molecule has 0 unspecified atom stereocenters. The molecular formula is C17H16Br2N2O2. The van der Waals surface area contributed by atoms with Crippen LogP contribution < -0.4 is 10.2 Å². The predicted octanol–water partition coefficient (Wildman–Crippen LogP) is 4.52. The fourth-order valence-corrected chi connectivity index (χ4v) is 2.61. The molecule has 1 atom stereocenters. The Morgan fingerprint density at radius 2 is 2.04 bits per heavy atom. The number of carbonyl (C=O) groups excluding carboxylic acids is 1. The lowest BCUT2D eigenvalue weighted by Crippen LogP contribution is -2.35. The smallest absolute Gasteiger partial charge is 0.281 e. The molecule has 0 fully saturated rings. The highest BCUT2D eigenvalue weighted by Gasteiger charge is 2.17. The summed E-state index contributed by atoms with van der Waals surface area (Å²) in [5.74, 6) is 0.354. The summed E-state index contributed by atoms with van der Waals surface area (Å²) < 4.78 is 7.52. The van der Waals surface area contributed by atoms with Gasteiger partial charge in [0.15, 0.2) is 6.10 Å². The molecule has 0 radical (unpaired) electrons. The van der Waals surface area contributed by atoms with E-state index >= 15 is 0 Å². The number of nitrogens with one attached hydrogen (secondary N) is 1. The standard InChI is InChI=1S/C17H16Br2N2O2/c1-2-16(23-14-8-5-7-13(18)10-14)17(22)21-20-11-12-6-3-4-9-15(12)19/h3-11,16H,2H2,1H3,(H,21,22)/b20-11-/t16-/m1/s1. The maximum Gasteiger partial charge on any atom is 0.281 e. The van der Waals surface area contributed by atoms with E-state index in [0.717, 1.165) is 14.5 Å². The van der Waals surface area contributed by atoms with E-state index in [1.807, 2.05) is 55.5 Å². The van der Waals surface area contributed by atoms with Crippen molar-refractivity contribution in [1.82, 2.24) is 5.43 Å². The molecule has 0 aliphatic rings. The molecule has 2 aromatic carbocycles. The third-order valence-electron chi connectivity index (χ3n) is 3.02. The van der Waals surface area contributed by atoms with Gasteiger partial charge in [-0.1, -0.05) is 63.0 Å². The lowest BCUT2D eigenvalue weighted by atomic mass is 10.2. The molecule has 23 heavy (non-hydrogen) atoms. The molecule has 0 saturated carbocycles. The average molecular weight is 440 g/mol. The lowest BCUT2D eigenvalue weighted by Gasteiger charge is -2.15. The number of hydrazone groups is 1. The molecule has 2 rings (SSSR count). The fourth-order valence-electron chi connectivity index (χ4n) is 1.84. The number of hydrogen-bond acceptors (Lipinski definition) is 3. The van der Waals surface area contributed by atoms with Crippen LogP contribution in [0.2, 0.25) is 0 Å². The summed E-state index contributed by atoms with van der Waals surface area (Å²) in [6, 6.07) is 15.0. The first-order valence-corrected chi connectivity index (χ1v) is 8.68. The third-order valence-corrected chi connectivity index (χ3v) is 4.24. The number of nitrogens with zero attached hydrogens (tertiary/aromatic N) is 1. The van der Waals surface area contributed by atoms with Crippen LogP contribution in [0.25, 0.3) is 0 Å². The normalized spacial score (nSPS) is 12.1. The molecule has 1 amide bonds. The minimum Gasteiger partial charge on any atom is -0.481 e. The van der Waals surface area contributed by atoms with Crippen LogP contribution in [0.3, 0.4) is 0 Å². The van der Waals surface area contributed by atoms with Gasteiger partial charge in [0.1, 0.15) is 5.75 Å². The van der Waals surface area contributed by atoms with Crippen LogP contribution in [0.5, 0.6) is 5.75 Å². The molecule has 1 N–H and O–H groups in total. The summed E-state index contributed by atoms with van der Waals surface area (Å²) in [5, 5.41) is 3.99. The van der Waals surface area contributed by atoms with Crippen molar-refractivity contribution in [2.75, 3.05) is 0 Å². The first kappa shape index (κ1) is 17.7.